The van der Waals surface area contributed by atoms with Crippen molar-refractivity contribution in [3.8, 4) is 5.75 Å². The van der Waals surface area contributed by atoms with E-state index >= 15 is 0 Å². The van der Waals surface area contributed by atoms with Gasteiger partial charge in [-0.15, -0.1) is 0 Å². The zero-order valence-corrected chi connectivity index (χ0v) is 14.6. The van der Waals surface area contributed by atoms with Gasteiger partial charge in [0.1, 0.15) is 5.75 Å². The molecule has 27 heavy (non-hydrogen) atoms. The number of aromatic hydroxyl groups is 1. The molecule has 3 aromatic heterocycles. The standard InChI is InChI=1S/C23H17NO3/c25-20-6-3-4-17-19-12-23(15-7-10-26-13-15,16-8-11-27-14-16)22(21(17)20)18-5-1-2-9-24(18)19/h1-11,13-14,19,22H,12H2/p+1/t19-,22-/m0/s1. The number of hydrogen-bond acceptors (Lipinski definition) is 3. The first kappa shape index (κ1) is 14.9. The Morgan fingerprint density at radius 2 is 1.70 bits per heavy atom. The minimum Gasteiger partial charge on any atom is -0.508 e. The zero-order valence-electron chi connectivity index (χ0n) is 14.6. The fourth-order valence-electron chi connectivity index (χ4n) is 5.37. The maximum atomic E-state index is 10.9. The lowest BCUT2D eigenvalue weighted by Gasteiger charge is -2.48. The molecule has 1 aromatic carbocycles. The van der Waals surface area contributed by atoms with Gasteiger partial charge in [-0.25, -0.2) is 0 Å². The summed E-state index contributed by atoms with van der Waals surface area (Å²) in [5, 5.41) is 10.9. The summed E-state index contributed by atoms with van der Waals surface area (Å²) in [6.07, 6.45) is 10.2. The minimum atomic E-state index is -0.349. The van der Waals surface area contributed by atoms with E-state index < -0.39 is 0 Å². The highest BCUT2D eigenvalue weighted by molar-refractivity contribution is 5.57. The Kier molecular flexibility index (Phi) is 2.82. The molecule has 4 heteroatoms. The quantitative estimate of drug-likeness (QED) is 0.545. The maximum Gasteiger partial charge on any atom is 0.190 e. The number of furan rings is 2. The van der Waals surface area contributed by atoms with Gasteiger partial charge in [-0.1, -0.05) is 18.2 Å². The van der Waals surface area contributed by atoms with Crippen molar-refractivity contribution in [2.75, 3.05) is 0 Å². The SMILES string of the molecule is Oc1cccc2c1[C@@H]1c3cccc[n+]3[C@H]2CC1(c1ccoc1)c1ccoc1. The van der Waals surface area contributed by atoms with Gasteiger partial charge in [-0.2, -0.15) is 4.57 Å². The van der Waals surface area contributed by atoms with Crippen molar-refractivity contribution in [1.29, 1.82) is 0 Å². The second-order valence-corrected chi connectivity index (χ2v) is 7.46. The molecule has 4 nitrogen and oxygen atoms in total. The van der Waals surface area contributed by atoms with E-state index in [-0.39, 0.29) is 17.4 Å². The summed E-state index contributed by atoms with van der Waals surface area (Å²) in [7, 11) is 0. The number of rotatable bonds is 2. The zero-order chi connectivity index (χ0) is 18.0. The Labute approximate surface area is 156 Å². The molecule has 2 aliphatic heterocycles. The van der Waals surface area contributed by atoms with E-state index in [1.54, 1.807) is 18.6 Å². The van der Waals surface area contributed by atoms with Crippen LogP contribution < -0.4 is 4.57 Å². The first-order valence-corrected chi connectivity index (χ1v) is 9.18. The monoisotopic (exact) mass is 356 g/mol. The summed E-state index contributed by atoms with van der Waals surface area (Å²) in [5.41, 5.74) is 5.29. The van der Waals surface area contributed by atoms with Crippen LogP contribution in [0, 0.1) is 0 Å². The smallest absolute Gasteiger partial charge is 0.190 e. The Bertz CT molecular complexity index is 1090. The van der Waals surface area contributed by atoms with Crippen molar-refractivity contribution < 1.29 is 18.5 Å². The minimum absolute atomic E-state index is 0.0323. The van der Waals surface area contributed by atoms with E-state index in [1.165, 1.54) is 11.3 Å². The Balaban J connectivity index is 1.75. The second-order valence-electron chi connectivity index (χ2n) is 7.46. The van der Waals surface area contributed by atoms with Crippen LogP contribution in [0.1, 0.15) is 46.3 Å². The molecule has 0 radical (unpaired) electrons. The number of fused-ring (bicyclic) bond motifs is 1. The van der Waals surface area contributed by atoms with Crippen molar-refractivity contribution in [3.63, 3.8) is 0 Å². The number of nitrogens with zero attached hydrogens (tertiary/aromatic N) is 1. The molecule has 3 aliphatic rings. The number of hydrogen-bond donors (Lipinski definition) is 1. The fourth-order valence-corrected chi connectivity index (χ4v) is 5.37. The Morgan fingerprint density at radius 3 is 2.41 bits per heavy atom. The summed E-state index contributed by atoms with van der Waals surface area (Å²) in [6, 6.07) is 16.4. The maximum absolute atomic E-state index is 10.9. The Hall–Kier alpha value is -3.27. The molecular formula is C23H18NO3+. The molecule has 4 aromatic rings. The largest absolute Gasteiger partial charge is 0.508 e. The molecule has 132 valence electrons. The highest BCUT2D eigenvalue weighted by atomic mass is 16.3. The van der Waals surface area contributed by atoms with Gasteiger partial charge in [0.25, 0.3) is 0 Å². The summed E-state index contributed by atoms with van der Waals surface area (Å²) in [6.45, 7) is 0. The summed E-state index contributed by atoms with van der Waals surface area (Å²) < 4.78 is 13.4. The van der Waals surface area contributed by atoms with Crippen LogP contribution in [0.25, 0.3) is 0 Å². The molecule has 1 N–H and O–H groups in total. The van der Waals surface area contributed by atoms with Gasteiger partial charge in [-0.3, -0.25) is 0 Å². The molecule has 7 rings (SSSR count). The van der Waals surface area contributed by atoms with Crippen LogP contribution in [0.5, 0.6) is 5.75 Å². The lowest BCUT2D eigenvalue weighted by atomic mass is 9.54. The van der Waals surface area contributed by atoms with Gasteiger partial charge in [0.05, 0.1) is 36.4 Å². The highest BCUT2D eigenvalue weighted by Crippen LogP contribution is 2.61. The molecule has 0 spiro atoms. The molecule has 0 amide bonds. The summed E-state index contributed by atoms with van der Waals surface area (Å²) in [5.74, 6) is 0.323. The normalized spacial score (nSPS) is 21.6. The van der Waals surface area contributed by atoms with Crippen LogP contribution in [0.15, 0.2) is 88.6 Å². The van der Waals surface area contributed by atoms with Crippen LogP contribution in [0.4, 0.5) is 0 Å². The van der Waals surface area contributed by atoms with E-state index in [4.69, 9.17) is 8.83 Å². The predicted octanol–water partition coefficient (Wildman–Crippen LogP) is 4.29. The summed E-state index contributed by atoms with van der Waals surface area (Å²) in [4.78, 5) is 0. The van der Waals surface area contributed by atoms with Gasteiger partial charge in [-0.05, 0) is 18.2 Å². The third kappa shape index (κ3) is 1.75. The first-order valence-electron chi connectivity index (χ1n) is 9.18. The predicted molar refractivity (Wildman–Crippen MR) is 97.5 cm³/mol. The molecule has 0 saturated carbocycles. The van der Waals surface area contributed by atoms with Crippen molar-refractivity contribution in [1.82, 2.24) is 0 Å². The third-order valence-corrected chi connectivity index (χ3v) is 6.40. The van der Waals surface area contributed by atoms with E-state index in [2.05, 4.69) is 35.0 Å². The molecule has 2 bridgehead atoms. The molecule has 0 saturated heterocycles. The van der Waals surface area contributed by atoms with Crippen LogP contribution in [-0.4, -0.2) is 5.11 Å². The third-order valence-electron chi connectivity index (χ3n) is 6.40. The fraction of sp³-hybridized carbons (Fsp3) is 0.174. The van der Waals surface area contributed by atoms with Crippen molar-refractivity contribution in [2.45, 2.75) is 23.8 Å². The van der Waals surface area contributed by atoms with Crippen LogP contribution in [-0.2, 0) is 5.41 Å². The number of aromatic nitrogens is 1. The van der Waals surface area contributed by atoms with E-state index in [0.29, 0.717) is 5.75 Å². The van der Waals surface area contributed by atoms with Gasteiger partial charge in [0, 0.05) is 40.8 Å². The van der Waals surface area contributed by atoms with Crippen LogP contribution in [0.3, 0.4) is 0 Å². The van der Waals surface area contributed by atoms with Crippen LogP contribution in [0.2, 0.25) is 0 Å². The van der Waals surface area contributed by atoms with Gasteiger partial charge < -0.3 is 13.9 Å². The van der Waals surface area contributed by atoms with Crippen molar-refractivity contribution >= 4 is 0 Å². The lowest BCUT2D eigenvalue weighted by molar-refractivity contribution is -0.732. The van der Waals surface area contributed by atoms with Gasteiger partial charge in [0.15, 0.2) is 17.9 Å². The topological polar surface area (TPSA) is 50.4 Å². The number of phenolic OH excluding ortho intramolecular Hbond substituents is 1. The Morgan fingerprint density at radius 1 is 0.926 bits per heavy atom. The first-order chi connectivity index (χ1) is 13.3. The van der Waals surface area contributed by atoms with Crippen molar-refractivity contribution in [3.05, 3.63) is 108 Å². The molecule has 5 heterocycles. The second kappa shape index (κ2) is 5.13. The molecule has 1 aliphatic carbocycles. The van der Waals surface area contributed by atoms with Gasteiger partial charge in [0.2, 0.25) is 0 Å². The van der Waals surface area contributed by atoms with E-state index in [1.807, 2.05) is 30.7 Å². The molecule has 0 fully saturated rings. The molecule has 2 atom stereocenters. The number of pyridine rings is 1. The summed E-state index contributed by atoms with van der Waals surface area (Å²) >= 11 is 0. The number of phenols is 1. The average molecular weight is 356 g/mol. The van der Waals surface area contributed by atoms with Crippen molar-refractivity contribution in [2.24, 2.45) is 0 Å². The lowest BCUT2D eigenvalue weighted by Crippen LogP contribution is -2.59. The van der Waals surface area contributed by atoms with E-state index in [0.717, 1.165) is 23.1 Å². The van der Waals surface area contributed by atoms with Crippen LogP contribution >= 0.6 is 0 Å². The van der Waals surface area contributed by atoms with E-state index in [9.17, 15) is 5.11 Å². The van der Waals surface area contributed by atoms with Gasteiger partial charge >= 0.3 is 0 Å². The molecule has 0 unspecified atom stereocenters. The highest BCUT2D eigenvalue weighted by Gasteiger charge is 2.60. The average Bonchev–Trinajstić information content (AvgIpc) is 3.43. The molecular weight excluding hydrogens is 338 g/mol. The number of benzene rings is 1.